The van der Waals surface area contributed by atoms with Gasteiger partial charge in [-0.1, -0.05) is 22.0 Å². The average Bonchev–Trinajstić information content (AvgIpc) is 2.26. The molecular formula is C10H11BrN2O3. The molecule has 0 saturated carbocycles. The van der Waals surface area contributed by atoms with E-state index in [1.54, 1.807) is 18.2 Å². The maximum absolute atomic E-state index is 11.3. The van der Waals surface area contributed by atoms with Crippen molar-refractivity contribution < 1.29 is 14.3 Å². The number of carbonyl (C=O) groups excluding carboxylic acids is 2. The minimum Gasteiger partial charge on any atom is -0.453 e. The topological polar surface area (TPSA) is 67.4 Å². The van der Waals surface area contributed by atoms with Crippen molar-refractivity contribution in [2.75, 3.05) is 19.0 Å². The molecule has 2 amide bonds. The molecule has 1 rings (SSSR count). The third-order valence-electron chi connectivity index (χ3n) is 1.69. The number of methoxy groups -OCH3 is 1. The maximum Gasteiger partial charge on any atom is 0.407 e. The highest BCUT2D eigenvalue weighted by molar-refractivity contribution is 9.10. The Labute approximate surface area is 101 Å². The maximum atomic E-state index is 11.3. The number of anilines is 1. The zero-order valence-corrected chi connectivity index (χ0v) is 10.2. The molecule has 0 aliphatic heterocycles. The first kappa shape index (κ1) is 12.5. The van der Waals surface area contributed by atoms with Gasteiger partial charge in [-0.2, -0.15) is 0 Å². The molecule has 0 aliphatic carbocycles. The number of alkyl carbamates (subject to hydrolysis) is 1. The van der Waals surface area contributed by atoms with E-state index < -0.39 is 6.09 Å². The highest BCUT2D eigenvalue weighted by Crippen LogP contribution is 2.15. The first-order chi connectivity index (χ1) is 7.61. The monoisotopic (exact) mass is 286 g/mol. The molecule has 2 N–H and O–H groups in total. The lowest BCUT2D eigenvalue weighted by Crippen LogP contribution is -2.32. The van der Waals surface area contributed by atoms with E-state index in [0.29, 0.717) is 5.69 Å². The highest BCUT2D eigenvalue weighted by Gasteiger charge is 2.05. The lowest BCUT2D eigenvalue weighted by Gasteiger charge is -2.06. The smallest absolute Gasteiger partial charge is 0.407 e. The Balaban J connectivity index is 2.43. The van der Waals surface area contributed by atoms with Gasteiger partial charge in [0.2, 0.25) is 5.91 Å². The van der Waals surface area contributed by atoms with E-state index in [4.69, 9.17) is 0 Å². The summed E-state index contributed by atoms with van der Waals surface area (Å²) in [5, 5.41) is 4.91. The average molecular weight is 287 g/mol. The van der Waals surface area contributed by atoms with Crippen molar-refractivity contribution in [2.45, 2.75) is 0 Å². The molecule has 1 aromatic carbocycles. The van der Waals surface area contributed by atoms with Crippen molar-refractivity contribution in [1.82, 2.24) is 5.32 Å². The van der Waals surface area contributed by atoms with Gasteiger partial charge < -0.3 is 15.4 Å². The van der Waals surface area contributed by atoms with Gasteiger partial charge in [-0.05, 0) is 18.2 Å². The fourth-order valence-electron chi connectivity index (χ4n) is 0.996. The van der Waals surface area contributed by atoms with Crippen LogP contribution in [0.2, 0.25) is 0 Å². The van der Waals surface area contributed by atoms with Crippen LogP contribution in [0.15, 0.2) is 28.7 Å². The van der Waals surface area contributed by atoms with Crippen LogP contribution < -0.4 is 10.6 Å². The van der Waals surface area contributed by atoms with Crippen molar-refractivity contribution >= 4 is 33.6 Å². The van der Waals surface area contributed by atoms with Crippen LogP contribution in [0, 0.1) is 0 Å². The normalized spacial score (nSPS) is 9.38. The highest BCUT2D eigenvalue weighted by atomic mass is 79.9. The molecule has 6 heteroatoms. The molecule has 0 fully saturated rings. The zero-order valence-electron chi connectivity index (χ0n) is 8.62. The first-order valence-corrected chi connectivity index (χ1v) is 5.28. The third kappa shape index (κ3) is 4.31. The lowest BCUT2D eigenvalue weighted by molar-refractivity contribution is -0.115. The van der Waals surface area contributed by atoms with Crippen molar-refractivity contribution in [3.63, 3.8) is 0 Å². The summed E-state index contributed by atoms with van der Waals surface area (Å²) in [6.45, 7) is -0.126. The second-order valence-electron chi connectivity index (χ2n) is 2.90. The number of nitrogens with one attached hydrogen (secondary N) is 2. The Morgan fingerprint density at radius 2 is 2.19 bits per heavy atom. The van der Waals surface area contributed by atoms with Crippen LogP contribution in [0.4, 0.5) is 10.5 Å². The van der Waals surface area contributed by atoms with Crippen molar-refractivity contribution in [1.29, 1.82) is 0 Å². The summed E-state index contributed by atoms with van der Waals surface area (Å²) in [6.07, 6.45) is -0.635. The molecule has 0 radical (unpaired) electrons. The predicted molar refractivity (Wildman–Crippen MR) is 63.2 cm³/mol. The Hall–Kier alpha value is -1.56. The fourth-order valence-corrected chi connectivity index (χ4v) is 1.40. The lowest BCUT2D eigenvalue weighted by atomic mass is 10.3. The number of hydrogen-bond donors (Lipinski definition) is 2. The van der Waals surface area contributed by atoms with E-state index in [9.17, 15) is 9.59 Å². The minimum absolute atomic E-state index is 0.126. The number of amides is 2. The van der Waals surface area contributed by atoms with Crippen LogP contribution in [-0.2, 0) is 9.53 Å². The van der Waals surface area contributed by atoms with Crippen molar-refractivity contribution in [3.05, 3.63) is 28.7 Å². The molecule has 5 nitrogen and oxygen atoms in total. The predicted octanol–water partition coefficient (Wildman–Crippen LogP) is 1.74. The van der Waals surface area contributed by atoms with Crippen LogP contribution in [0.3, 0.4) is 0 Å². The number of carbonyl (C=O) groups is 2. The minimum atomic E-state index is -0.635. The molecule has 0 aliphatic rings. The summed E-state index contributed by atoms with van der Waals surface area (Å²) in [5.41, 5.74) is 0.658. The second-order valence-corrected chi connectivity index (χ2v) is 3.82. The van der Waals surface area contributed by atoms with Crippen LogP contribution >= 0.6 is 15.9 Å². The van der Waals surface area contributed by atoms with Gasteiger partial charge in [0.25, 0.3) is 0 Å². The Bertz CT molecular complexity index is 395. The van der Waals surface area contributed by atoms with Gasteiger partial charge in [0.15, 0.2) is 0 Å². The number of halogens is 1. The molecule has 0 spiro atoms. The van der Waals surface area contributed by atoms with E-state index in [0.717, 1.165) is 4.47 Å². The van der Waals surface area contributed by atoms with Crippen LogP contribution in [0.1, 0.15) is 0 Å². The molecule has 86 valence electrons. The van der Waals surface area contributed by atoms with Gasteiger partial charge in [-0.25, -0.2) is 4.79 Å². The Kier molecular flexibility index (Phi) is 4.78. The van der Waals surface area contributed by atoms with E-state index in [1.165, 1.54) is 7.11 Å². The Morgan fingerprint density at radius 1 is 1.44 bits per heavy atom. The van der Waals surface area contributed by atoms with E-state index in [-0.39, 0.29) is 12.5 Å². The number of ether oxygens (including phenoxy) is 1. The first-order valence-electron chi connectivity index (χ1n) is 4.49. The molecule has 0 heterocycles. The molecule has 16 heavy (non-hydrogen) atoms. The summed E-state index contributed by atoms with van der Waals surface area (Å²) in [4.78, 5) is 22.0. The largest absolute Gasteiger partial charge is 0.453 e. The SMILES string of the molecule is COC(=O)NCC(=O)Nc1cccc(Br)c1. The molecule has 0 aromatic heterocycles. The summed E-state index contributed by atoms with van der Waals surface area (Å²) < 4.78 is 5.20. The molecule has 1 aromatic rings. The van der Waals surface area contributed by atoms with Crippen LogP contribution in [0.25, 0.3) is 0 Å². The molecule has 0 atom stereocenters. The van der Waals surface area contributed by atoms with Gasteiger partial charge in [0.1, 0.15) is 6.54 Å². The molecular weight excluding hydrogens is 276 g/mol. The molecule has 0 bridgehead atoms. The zero-order chi connectivity index (χ0) is 12.0. The van der Waals surface area contributed by atoms with Gasteiger partial charge in [0.05, 0.1) is 7.11 Å². The van der Waals surface area contributed by atoms with Gasteiger partial charge in [0, 0.05) is 10.2 Å². The number of benzene rings is 1. The summed E-state index contributed by atoms with van der Waals surface area (Å²) in [7, 11) is 1.24. The van der Waals surface area contributed by atoms with Crippen LogP contribution in [0.5, 0.6) is 0 Å². The summed E-state index contributed by atoms with van der Waals surface area (Å²) >= 11 is 3.28. The Morgan fingerprint density at radius 3 is 2.81 bits per heavy atom. The number of rotatable bonds is 3. The van der Waals surface area contributed by atoms with Gasteiger partial charge in [-0.3, -0.25) is 4.79 Å². The van der Waals surface area contributed by atoms with E-state index in [1.807, 2.05) is 6.07 Å². The third-order valence-corrected chi connectivity index (χ3v) is 2.18. The molecule has 0 unspecified atom stereocenters. The number of hydrogen-bond acceptors (Lipinski definition) is 3. The van der Waals surface area contributed by atoms with E-state index >= 15 is 0 Å². The molecule has 0 saturated heterocycles. The summed E-state index contributed by atoms with van der Waals surface area (Å²) in [6, 6.07) is 7.16. The van der Waals surface area contributed by atoms with Gasteiger partial charge >= 0.3 is 6.09 Å². The standard InChI is InChI=1S/C10H11BrN2O3/c1-16-10(15)12-6-9(14)13-8-4-2-3-7(11)5-8/h2-5H,6H2,1H3,(H,12,15)(H,13,14). The second kappa shape index (κ2) is 6.12. The quantitative estimate of drug-likeness (QED) is 0.890. The summed E-state index contributed by atoms with van der Waals surface area (Å²) in [5.74, 6) is -0.316. The van der Waals surface area contributed by atoms with Gasteiger partial charge in [-0.15, -0.1) is 0 Å². The van der Waals surface area contributed by atoms with Crippen molar-refractivity contribution in [2.24, 2.45) is 0 Å². The van der Waals surface area contributed by atoms with Crippen molar-refractivity contribution in [3.8, 4) is 0 Å². The van der Waals surface area contributed by atoms with Crippen LogP contribution in [-0.4, -0.2) is 25.7 Å². The fraction of sp³-hybridized carbons (Fsp3) is 0.200. The van der Waals surface area contributed by atoms with E-state index in [2.05, 4.69) is 31.3 Å².